The summed E-state index contributed by atoms with van der Waals surface area (Å²) in [5.74, 6) is -1.69. The van der Waals surface area contributed by atoms with Crippen molar-refractivity contribution in [1.82, 2.24) is 0 Å². The first-order chi connectivity index (χ1) is 13.5. The lowest BCUT2D eigenvalue weighted by Crippen LogP contribution is -2.03. The first-order valence-corrected chi connectivity index (χ1v) is 9.01. The number of ketones is 1. The minimum atomic E-state index is -0.782. The van der Waals surface area contributed by atoms with Crippen LogP contribution in [-0.2, 0) is 36.8 Å². The summed E-state index contributed by atoms with van der Waals surface area (Å²) in [6.07, 6.45) is 0.670. The minimum absolute atomic E-state index is 0.113. The SMILES string of the molecule is CC(=O)Cc1cccc(C)c1.CC(=O)OC(C)=O.Cc1cccc(CC(=O)O)c1. The molecule has 29 heavy (non-hydrogen) atoms. The third kappa shape index (κ3) is 15.5. The number of benzene rings is 2. The first kappa shape index (κ1) is 25.7. The van der Waals surface area contributed by atoms with E-state index >= 15 is 0 Å². The summed E-state index contributed by atoms with van der Waals surface area (Å²) in [6.45, 7) is 7.96. The van der Waals surface area contributed by atoms with Gasteiger partial charge in [-0.05, 0) is 31.9 Å². The Morgan fingerprint density at radius 1 is 0.759 bits per heavy atom. The van der Waals surface area contributed by atoms with Gasteiger partial charge in [0.15, 0.2) is 0 Å². The molecule has 0 heterocycles. The Kier molecular flexibility index (Phi) is 12.3. The van der Waals surface area contributed by atoms with Gasteiger partial charge in [0, 0.05) is 20.3 Å². The Labute approximate surface area is 171 Å². The number of ether oxygens (including phenoxy) is 1. The molecule has 0 unspecified atom stereocenters. The largest absolute Gasteiger partial charge is 0.481 e. The van der Waals surface area contributed by atoms with E-state index in [0.717, 1.165) is 16.7 Å². The lowest BCUT2D eigenvalue weighted by Gasteiger charge is -1.97. The topological polar surface area (TPSA) is 97.7 Å². The molecule has 6 heteroatoms. The Balaban J connectivity index is 0.000000419. The van der Waals surface area contributed by atoms with Crippen molar-refractivity contribution in [3.05, 3.63) is 70.8 Å². The van der Waals surface area contributed by atoms with E-state index in [-0.39, 0.29) is 12.2 Å². The monoisotopic (exact) mass is 400 g/mol. The average molecular weight is 400 g/mol. The lowest BCUT2D eigenvalue weighted by atomic mass is 10.1. The molecule has 0 fully saturated rings. The van der Waals surface area contributed by atoms with E-state index < -0.39 is 17.9 Å². The van der Waals surface area contributed by atoms with Crippen LogP contribution >= 0.6 is 0 Å². The third-order valence-corrected chi connectivity index (χ3v) is 3.26. The van der Waals surface area contributed by atoms with Crippen LogP contribution in [0.1, 0.15) is 43.0 Å². The maximum absolute atomic E-state index is 10.7. The van der Waals surface area contributed by atoms with E-state index in [1.165, 1.54) is 19.4 Å². The maximum Gasteiger partial charge on any atom is 0.310 e. The lowest BCUT2D eigenvalue weighted by molar-refractivity contribution is -0.156. The smallest absolute Gasteiger partial charge is 0.310 e. The number of carboxylic acid groups (broad SMARTS) is 1. The van der Waals surface area contributed by atoms with E-state index in [1.54, 1.807) is 6.92 Å². The van der Waals surface area contributed by atoms with Crippen LogP contribution in [0.3, 0.4) is 0 Å². The van der Waals surface area contributed by atoms with Gasteiger partial charge in [-0.2, -0.15) is 0 Å². The molecule has 0 saturated heterocycles. The van der Waals surface area contributed by atoms with Gasteiger partial charge in [0.1, 0.15) is 5.78 Å². The third-order valence-electron chi connectivity index (χ3n) is 3.26. The van der Waals surface area contributed by atoms with Gasteiger partial charge in [-0.25, -0.2) is 0 Å². The van der Waals surface area contributed by atoms with Crippen molar-refractivity contribution >= 4 is 23.7 Å². The van der Waals surface area contributed by atoms with Crippen molar-refractivity contribution in [2.45, 2.75) is 47.5 Å². The van der Waals surface area contributed by atoms with E-state index in [1.807, 2.05) is 62.4 Å². The fraction of sp³-hybridized carbons (Fsp3) is 0.304. The molecule has 0 amide bonds. The maximum atomic E-state index is 10.7. The normalized spacial score (nSPS) is 9.14. The van der Waals surface area contributed by atoms with E-state index in [2.05, 4.69) is 4.74 Å². The number of carbonyl (C=O) groups excluding carboxylic acids is 3. The molecule has 0 aromatic heterocycles. The van der Waals surface area contributed by atoms with Crippen molar-refractivity contribution in [2.75, 3.05) is 0 Å². The Bertz CT molecular complexity index is 769. The summed E-state index contributed by atoms with van der Waals surface area (Å²) < 4.78 is 3.97. The highest BCUT2D eigenvalue weighted by Gasteiger charge is 1.98. The number of Topliss-reactive ketones (excluding diaryl/α,β-unsaturated/α-hetero) is 1. The molecule has 156 valence electrons. The highest BCUT2D eigenvalue weighted by atomic mass is 16.6. The molecule has 0 aliphatic carbocycles. The summed E-state index contributed by atoms with van der Waals surface area (Å²) in [4.78, 5) is 40.6. The van der Waals surface area contributed by atoms with Crippen LogP contribution in [0.25, 0.3) is 0 Å². The second-order valence-corrected chi connectivity index (χ2v) is 6.51. The predicted octanol–water partition coefficient (Wildman–Crippen LogP) is 3.84. The minimum Gasteiger partial charge on any atom is -0.481 e. The van der Waals surface area contributed by atoms with Gasteiger partial charge in [0.05, 0.1) is 6.42 Å². The molecule has 0 aliphatic rings. The molecule has 2 aromatic rings. The zero-order valence-corrected chi connectivity index (χ0v) is 17.5. The molecule has 0 bridgehead atoms. The fourth-order valence-corrected chi connectivity index (χ4v) is 2.31. The van der Waals surface area contributed by atoms with Crippen LogP contribution in [0.2, 0.25) is 0 Å². The van der Waals surface area contributed by atoms with Crippen molar-refractivity contribution in [2.24, 2.45) is 0 Å². The van der Waals surface area contributed by atoms with E-state index in [9.17, 15) is 19.2 Å². The molecule has 0 radical (unpaired) electrons. The average Bonchev–Trinajstić information content (AvgIpc) is 2.53. The highest BCUT2D eigenvalue weighted by molar-refractivity contribution is 5.82. The van der Waals surface area contributed by atoms with Crippen LogP contribution in [0.15, 0.2) is 48.5 Å². The number of hydrogen-bond acceptors (Lipinski definition) is 5. The van der Waals surface area contributed by atoms with E-state index in [0.29, 0.717) is 6.42 Å². The van der Waals surface area contributed by atoms with Gasteiger partial charge in [-0.1, -0.05) is 59.7 Å². The molecule has 1 N–H and O–H groups in total. The fourth-order valence-electron chi connectivity index (χ4n) is 2.31. The van der Waals surface area contributed by atoms with Gasteiger partial charge in [-0.15, -0.1) is 0 Å². The highest BCUT2D eigenvalue weighted by Crippen LogP contribution is 2.05. The summed E-state index contributed by atoms with van der Waals surface area (Å²) >= 11 is 0. The standard InChI is InChI=1S/C10H12O.C9H10O2.C4H6O3/c1-8-4-3-5-10(6-8)7-9(2)11;1-7-3-2-4-8(5-7)6-9(10)11;1-3(5)7-4(2)6/h3-6H,7H2,1-2H3;2-5H,6H2,1H3,(H,10,11);1-2H3. The van der Waals surface area contributed by atoms with Crippen LogP contribution in [0.4, 0.5) is 0 Å². The van der Waals surface area contributed by atoms with Crippen molar-refractivity contribution in [1.29, 1.82) is 0 Å². The Hall–Kier alpha value is -3.28. The van der Waals surface area contributed by atoms with Crippen molar-refractivity contribution in [3.8, 4) is 0 Å². The second-order valence-electron chi connectivity index (χ2n) is 6.51. The molecule has 2 aromatic carbocycles. The van der Waals surface area contributed by atoms with E-state index in [4.69, 9.17) is 5.11 Å². The van der Waals surface area contributed by atoms with Gasteiger partial charge >= 0.3 is 17.9 Å². The summed E-state index contributed by atoms with van der Waals surface area (Å²) in [7, 11) is 0. The molecule has 2 rings (SSSR count). The molecule has 0 spiro atoms. The number of hydrogen-bond donors (Lipinski definition) is 1. The second kappa shape index (κ2) is 13.8. The summed E-state index contributed by atoms with van der Waals surface area (Å²) in [5.41, 5.74) is 4.28. The van der Waals surface area contributed by atoms with Gasteiger partial charge < -0.3 is 9.84 Å². The van der Waals surface area contributed by atoms with Crippen molar-refractivity contribution < 1.29 is 29.0 Å². The van der Waals surface area contributed by atoms with Crippen LogP contribution < -0.4 is 0 Å². The van der Waals surface area contributed by atoms with Crippen molar-refractivity contribution in [3.63, 3.8) is 0 Å². The predicted molar refractivity (Wildman–Crippen MR) is 111 cm³/mol. The molecule has 0 aliphatic heterocycles. The quantitative estimate of drug-likeness (QED) is 0.618. The van der Waals surface area contributed by atoms with Crippen LogP contribution in [-0.4, -0.2) is 28.8 Å². The number of carboxylic acids is 1. The number of rotatable bonds is 4. The molecular formula is C23H28O6. The van der Waals surface area contributed by atoms with Gasteiger partial charge in [0.2, 0.25) is 0 Å². The molecule has 0 saturated carbocycles. The summed E-state index contributed by atoms with van der Waals surface area (Å²) in [5, 5.41) is 8.46. The first-order valence-electron chi connectivity index (χ1n) is 9.01. The Morgan fingerprint density at radius 3 is 1.45 bits per heavy atom. The molecule has 0 atom stereocenters. The summed E-state index contributed by atoms with van der Waals surface area (Å²) in [6, 6.07) is 15.6. The zero-order valence-electron chi connectivity index (χ0n) is 17.5. The number of aryl methyl sites for hydroxylation is 2. The van der Waals surface area contributed by atoms with Crippen LogP contribution in [0, 0.1) is 13.8 Å². The molecule has 6 nitrogen and oxygen atoms in total. The number of esters is 2. The zero-order chi connectivity index (χ0) is 22.4. The van der Waals surface area contributed by atoms with Gasteiger partial charge in [-0.3, -0.25) is 19.2 Å². The number of carbonyl (C=O) groups is 4. The Morgan fingerprint density at radius 2 is 1.17 bits per heavy atom. The van der Waals surface area contributed by atoms with Gasteiger partial charge in [0.25, 0.3) is 0 Å². The van der Waals surface area contributed by atoms with Crippen LogP contribution in [0.5, 0.6) is 0 Å². The molecular weight excluding hydrogens is 372 g/mol. The number of aliphatic carboxylic acids is 1.